The van der Waals surface area contributed by atoms with E-state index in [0.29, 0.717) is 0 Å². The average Bonchev–Trinajstić information content (AvgIpc) is 2.37. The molecule has 2 heteroatoms. The summed E-state index contributed by atoms with van der Waals surface area (Å²) in [5.74, 6) is 0. The molecule has 2 aromatic carbocycles. The lowest BCUT2D eigenvalue weighted by atomic mass is 9.91. The van der Waals surface area contributed by atoms with Crippen LogP contribution in [0.2, 0.25) is 0 Å². The number of ether oxygens (including phenoxy) is 1. The van der Waals surface area contributed by atoms with Crippen molar-refractivity contribution in [1.82, 2.24) is 0 Å². The summed E-state index contributed by atoms with van der Waals surface area (Å²) in [7, 11) is 1.73. The maximum Gasteiger partial charge on any atom is 0.0640 e. The molecule has 0 bridgehead atoms. The molecule has 0 aromatic heterocycles. The third-order valence-corrected chi connectivity index (χ3v) is 3.49. The van der Waals surface area contributed by atoms with Crippen molar-refractivity contribution < 1.29 is 4.74 Å². The Bertz CT molecular complexity index is 528. The fourth-order valence-electron chi connectivity index (χ4n) is 2.30. The smallest absolute Gasteiger partial charge is 0.0640 e. The van der Waals surface area contributed by atoms with Crippen LogP contribution in [0.1, 0.15) is 31.9 Å². The van der Waals surface area contributed by atoms with Crippen molar-refractivity contribution in [2.24, 2.45) is 5.73 Å². The highest BCUT2D eigenvalue weighted by Crippen LogP contribution is 2.29. The van der Waals surface area contributed by atoms with E-state index < -0.39 is 0 Å². The molecule has 0 heterocycles. The largest absolute Gasteiger partial charge is 0.379 e. The van der Waals surface area contributed by atoms with Crippen LogP contribution in [-0.2, 0) is 4.74 Å². The van der Waals surface area contributed by atoms with Gasteiger partial charge in [-0.1, -0.05) is 42.5 Å². The van der Waals surface area contributed by atoms with Crippen molar-refractivity contribution in [3.8, 4) is 0 Å². The summed E-state index contributed by atoms with van der Waals surface area (Å²) < 4.78 is 5.46. The van der Waals surface area contributed by atoms with E-state index in [1.54, 1.807) is 7.11 Å². The highest BCUT2D eigenvalue weighted by atomic mass is 16.5. The predicted octanol–water partition coefficient (Wildman–Crippen LogP) is 3.65. The van der Waals surface area contributed by atoms with Crippen LogP contribution >= 0.6 is 0 Å². The molecule has 2 rings (SSSR count). The Morgan fingerprint density at radius 2 is 1.78 bits per heavy atom. The molecule has 2 aromatic rings. The number of hydrogen-bond donors (Lipinski definition) is 1. The van der Waals surface area contributed by atoms with Gasteiger partial charge in [0.2, 0.25) is 0 Å². The minimum Gasteiger partial charge on any atom is -0.379 e. The van der Waals surface area contributed by atoms with Gasteiger partial charge >= 0.3 is 0 Å². The number of fused-ring (bicyclic) bond motifs is 1. The topological polar surface area (TPSA) is 35.2 Å². The van der Waals surface area contributed by atoms with Crippen LogP contribution in [0.3, 0.4) is 0 Å². The van der Waals surface area contributed by atoms with Crippen LogP contribution in [-0.4, -0.2) is 12.7 Å². The Morgan fingerprint density at radius 1 is 1.11 bits per heavy atom. The van der Waals surface area contributed by atoms with Crippen LogP contribution in [0, 0.1) is 0 Å². The van der Waals surface area contributed by atoms with E-state index in [2.05, 4.69) is 56.3 Å². The van der Waals surface area contributed by atoms with Crippen molar-refractivity contribution in [2.75, 3.05) is 7.11 Å². The minimum atomic E-state index is -0.198. The lowest BCUT2D eigenvalue weighted by Gasteiger charge is -2.27. The Morgan fingerprint density at radius 3 is 2.50 bits per heavy atom. The second-order valence-corrected chi connectivity index (χ2v) is 5.34. The van der Waals surface area contributed by atoms with Crippen molar-refractivity contribution in [3.63, 3.8) is 0 Å². The number of hydrogen-bond acceptors (Lipinski definition) is 2. The molecule has 1 unspecified atom stereocenters. The third kappa shape index (κ3) is 2.71. The van der Waals surface area contributed by atoms with Crippen LogP contribution in [0.25, 0.3) is 10.8 Å². The fraction of sp³-hybridized carbons (Fsp3) is 0.375. The monoisotopic (exact) mass is 243 g/mol. The first-order valence-corrected chi connectivity index (χ1v) is 6.32. The van der Waals surface area contributed by atoms with Crippen molar-refractivity contribution >= 4 is 10.8 Å². The minimum absolute atomic E-state index is 0.00829. The van der Waals surface area contributed by atoms with Crippen LogP contribution < -0.4 is 5.73 Å². The summed E-state index contributed by atoms with van der Waals surface area (Å²) in [5, 5.41) is 2.47. The van der Waals surface area contributed by atoms with E-state index in [-0.39, 0.29) is 11.6 Å². The molecule has 0 saturated carbocycles. The molecule has 0 aliphatic heterocycles. The second-order valence-electron chi connectivity index (χ2n) is 5.34. The van der Waals surface area contributed by atoms with Gasteiger partial charge in [-0.25, -0.2) is 0 Å². The molecule has 0 aliphatic rings. The van der Waals surface area contributed by atoms with Crippen molar-refractivity contribution in [1.29, 1.82) is 0 Å². The Labute approximate surface area is 109 Å². The Kier molecular flexibility index (Phi) is 3.69. The van der Waals surface area contributed by atoms with Crippen molar-refractivity contribution in [3.05, 3.63) is 48.0 Å². The summed E-state index contributed by atoms with van der Waals surface area (Å²) in [6.45, 7) is 4.13. The van der Waals surface area contributed by atoms with Gasteiger partial charge in [0.15, 0.2) is 0 Å². The SMILES string of the molecule is COC(C)(C)CC(N)c1cccc2ccccc12. The first kappa shape index (κ1) is 13.1. The summed E-state index contributed by atoms with van der Waals surface area (Å²) in [4.78, 5) is 0. The quantitative estimate of drug-likeness (QED) is 0.889. The molecule has 0 aliphatic carbocycles. The lowest BCUT2D eigenvalue weighted by molar-refractivity contribution is 0.0101. The lowest BCUT2D eigenvalue weighted by Crippen LogP contribution is -2.28. The van der Waals surface area contributed by atoms with Gasteiger partial charge in [0, 0.05) is 13.2 Å². The van der Waals surface area contributed by atoms with E-state index in [0.717, 1.165) is 6.42 Å². The molecule has 0 amide bonds. The summed E-state index contributed by atoms with van der Waals surface area (Å²) >= 11 is 0. The van der Waals surface area contributed by atoms with Gasteiger partial charge in [0.25, 0.3) is 0 Å². The molecular formula is C16H21NO. The van der Waals surface area contributed by atoms with Gasteiger partial charge in [-0.15, -0.1) is 0 Å². The predicted molar refractivity (Wildman–Crippen MR) is 76.6 cm³/mol. The van der Waals surface area contributed by atoms with Gasteiger partial charge in [-0.2, -0.15) is 0 Å². The van der Waals surface area contributed by atoms with E-state index >= 15 is 0 Å². The summed E-state index contributed by atoms with van der Waals surface area (Å²) in [5.41, 5.74) is 7.34. The maximum absolute atomic E-state index is 6.34. The number of nitrogens with two attached hydrogens (primary N) is 1. The molecular weight excluding hydrogens is 222 g/mol. The van der Waals surface area contributed by atoms with Gasteiger partial charge < -0.3 is 10.5 Å². The molecule has 96 valence electrons. The fourth-order valence-corrected chi connectivity index (χ4v) is 2.30. The highest BCUT2D eigenvalue weighted by molar-refractivity contribution is 5.86. The molecule has 0 spiro atoms. The Hall–Kier alpha value is -1.38. The molecule has 2 N–H and O–H groups in total. The first-order valence-electron chi connectivity index (χ1n) is 6.32. The Balaban J connectivity index is 2.36. The molecule has 2 nitrogen and oxygen atoms in total. The zero-order chi connectivity index (χ0) is 13.2. The van der Waals surface area contributed by atoms with Gasteiger partial charge in [0.05, 0.1) is 5.60 Å². The van der Waals surface area contributed by atoms with Gasteiger partial charge in [-0.3, -0.25) is 0 Å². The molecule has 18 heavy (non-hydrogen) atoms. The van der Waals surface area contributed by atoms with Crippen molar-refractivity contribution in [2.45, 2.75) is 31.9 Å². The number of benzene rings is 2. The van der Waals surface area contributed by atoms with E-state index in [1.165, 1.54) is 16.3 Å². The van der Waals surface area contributed by atoms with E-state index in [4.69, 9.17) is 10.5 Å². The highest BCUT2D eigenvalue weighted by Gasteiger charge is 2.22. The zero-order valence-electron chi connectivity index (χ0n) is 11.3. The van der Waals surface area contributed by atoms with Gasteiger partial charge in [0.1, 0.15) is 0 Å². The average molecular weight is 243 g/mol. The van der Waals surface area contributed by atoms with E-state index in [9.17, 15) is 0 Å². The van der Waals surface area contributed by atoms with E-state index in [1.807, 2.05) is 0 Å². The second kappa shape index (κ2) is 5.09. The first-order chi connectivity index (χ1) is 8.53. The molecule has 0 radical (unpaired) electrons. The molecule has 1 atom stereocenters. The van der Waals surface area contributed by atoms with Crippen LogP contribution in [0.15, 0.2) is 42.5 Å². The van der Waals surface area contributed by atoms with Crippen LogP contribution in [0.4, 0.5) is 0 Å². The molecule has 0 fully saturated rings. The van der Waals surface area contributed by atoms with Gasteiger partial charge in [-0.05, 0) is 36.6 Å². The normalized spacial score (nSPS) is 13.8. The zero-order valence-corrected chi connectivity index (χ0v) is 11.3. The third-order valence-electron chi connectivity index (χ3n) is 3.49. The maximum atomic E-state index is 6.34. The molecule has 0 saturated heterocycles. The van der Waals surface area contributed by atoms with Crippen LogP contribution in [0.5, 0.6) is 0 Å². The standard InChI is InChI=1S/C16H21NO/c1-16(2,18-3)11-15(17)14-10-6-8-12-7-4-5-9-13(12)14/h4-10,15H,11,17H2,1-3H3. The summed E-state index contributed by atoms with van der Waals surface area (Å²) in [6, 6.07) is 14.6. The number of rotatable bonds is 4. The number of methoxy groups -OCH3 is 1. The summed E-state index contributed by atoms with van der Waals surface area (Å²) in [6.07, 6.45) is 0.803.